The summed E-state index contributed by atoms with van der Waals surface area (Å²) in [5.74, 6) is -0.0650. The van der Waals surface area contributed by atoms with Crippen molar-refractivity contribution in [1.29, 1.82) is 0 Å². The molecule has 0 bridgehead atoms. The molecule has 0 amide bonds. The van der Waals surface area contributed by atoms with Crippen LogP contribution in [0.25, 0.3) is 10.2 Å². The van der Waals surface area contributed by atoms with E-state index in [0.717, 1.165) is 0 Å². The molecule has 3 aromatic rings. The lowest BCUT2D eigenvalue weighted by Crippen LogP contribution is -2.23. The molecule has 6 heteroatoms. The number of aromatic nitrogens is 2. The Bertz CT molecular complexity index is 756. The van der Waals surface area contributed by atoms with Gasteiger partial charge in [0, 0.05) is 0 Å². The lowest BCUT2D eigenvalue weighted by atomic mass is 10.3. The molecule has 0 aromatic carbocycles. The zero-order valence-corrected chi connectivity index (χ0v) is 10.8. The molecule has 0 saturated carbocycles. The number of nitrogens with zero attached hydrogens (tertiary/aromatic N) is 2. The second kappa shape index (κ2) is 4.47. The lowest BCUT2D eigenvalue weighted by molar-refractivity contribution is 0.0974. The zero-order valence-electron chi connectivity index (χ0n) is 9.20. The first-order valence-corrected chi connectivity index (χ1v) is 7.01. The van der Waals surface area contributed by atoms with Crippen LogP contribution in [0.3, 0.4) is 0 Å². The van der Waals surface area contributed by atoms with Crippen LogP contribution in [-0.4, -0.2) is 15.3 Å². The fourth-order valence-electron chi connectivity index (χ4n) is 1.66. The average Bonchev–Trinajstić information content (AvgIpc) is 3.02. The minimum atomic E-state index is -0.153. The van der Waals surface area contributed by atoms with E-state index in [2.05, 4.69) is 4.98 Å². The van der Waals surface area contributed by atoms with Crippen LogP contribution in [0.1, 0.15) is 9.67 Å². The molecule has 4 nitrogen and oxygen atoms in total. The summed E-state index contributed by atoms with van der Waals surface area (Å²) in [6, 6.07) is 5.38. The van der Waals surface area contributed by atoms with Gasteiger partial charge in [0.05, 0.1) is 23.3 Å². The third-order valence-electron chi connectivity index (χ3n) is 2.55. The lowest BCUT2D eigenvalue weighted by Gasteiger charge is -2.02. The van der Waals surface area contributed by atoms with Crippen LogP contribution in [0.2, 0.25) is 0 Å². The molecule has 0 aliphatic heterocycles. The van der Waals surface area contributed by atoms with Crippen molar-refractivity contribution in [3.63, 3.8) is 0 Å². The SMILES string of the molecule is O=C(Cn1cnc2ccsc2c1=O)c1cccs1. The number of fused-ring (bicyclic) bond motifs is 1. The van der Waals surface area contributed by atoms with Crippen molar-refractivity contribution in [3.05, 3.63) is 50.5 Å². The van der Waals surface area contributed by atoms with Gasteiger partial charge < -0.3 is 0 Å². The van der Waals surface area contributed by atoms with E-state index in [1.807, 2.05) is 16.8 Å². The summed E-state index contributed by atoms with van der Waals surface area (Å²) < 4.78 is 1.96. The highest BCUT2D eigenvalue weighted by Gasteiger charge is 2.11. The highest BCUT2D eigenvalue weighted by Crippen LogP contribution is 2.14. The van der Waals surface area contributed by atoms with Gasteiger partial charge in [-0.15, -0.1) is 22.7 Å². The van der Waals surface area contributed by atoms with E-state index in [-0.39, 0.29) is 17.9 Å². The first-order valence-electron chi connectivity index (χ1n) is 5.25. The van der Waals surface area contributed by atoms with E-state index in [1.54, 1.807) is 12.1 Å². The van der Waals surface area contributed by atoms with Gasteiger partial charge in [0.2, 0.25) is 0 Å². The number of thiophene rings is 2. The predicted octanol–water partition coefficient (Wildman–Crippen LogP) is 2.40. The van der Waals surface area contributed by atoms with Gasteiger partial charge in [0.1, 0.15) is 4.70 Å². The maximum absolute atomic E-state index is 12.1. The Labute approximate surface area is 110 Å². The van der Waals surface area contributed by atoms with Crippen molar-refractivity contribution in [3.8, 4) is 0 Å². The Morgan fingerprint density at radius 3 is 2.94 bits per heavy atom. The molecule has 0 atom stereocenters. The molecule has 0 spiro atoms. The molecule has 3 rings (SSSR count). The Hall–Kier alpha value is -1.79. The number of hydrogen-bond acceptors (Lipinski definition) is 5. The highest BCUT2D eigenvalue weighted by molar-refractivity contribution is 7.17. The van der Waals surface area contributed by atoms with Gasteiger partial charge >= 0.3 is 0 Å². The van der Waals surface area contributed by atoms with Crippen LogP contribution in [0.4, 0.5) is 0 Å². The molecule has 3 heterocycles. The predicted molar refractivity (Wildman–Crippen MR) is 72.5 cm³/mol. The largest absolute Gasteiger partial charge is 0.291 e. The maximum atomic E-state index is 12.1. The van der Waals surface area contributed by atoms with Crippen LogP contribution in [-0.2, 0) is 6.54 Å². The molecular formula is C12H8N2O2S2. The molecule has 90 valence electrons. The topological polar surface area (TPSA) is 52.0 Å². The summed E-state index contributed by atoms with van der Waals surface area (Å²) >= 11 is 2.73. The molecule has 0 N–H and O–H groups in total. The van der Waals surface area contributed by atoms with E-state index in [0.29, 0.717) is 15.1 Å². The van der Waals surface area contributed by atoms with Gasteiger partial charge in [-0.3, -0.25) is 14.2 Å². The molecule has 0 radical (unpaired) electrons. The van der Waals surface area contributed by atoms with Gasteiger partial charge in [-0.2, -0.15) is 0 Å². The summed E-state index contributed by atoms with van der Waals surface area (Å²) in [5, 5.41) is 3.67. The van der Waals surface area contributed by atoms with E-state index >= 15 is 0 Å². The molecule has 3 aromatic heterocycles. The fraction of sp³-hybridized carbons (Fsp3) is 0.0833. The van der Waals surface area contributed by atoms with Gasteiger partial charge in [0.25, 0.3) is 5.56 Å². The summed E-state index contributed by atoms with van der Waals surface area (Å²) in [4.78, 5) is 28.8. The summed E-state index contributed by atoms with van der Waals surface area (Å²) in [6.45, 7) is 0.0419. The molecule has 18 heavy (non-hydrogen) atoms. The first kappa shape index (κ1) is 11.3. The zero-order chi connectivity index (χ0) is 12.5. The number of carbonyl (C=O) groups is 1. The monoisotopic (exact) mass is 276 g/mol. The second-order valence-corrected chi connectivity index (χ2v) is 5.58. The van der Waals surface area contributed by atoms with Crippen LogP contribution in [0.15, 0.2) is 40.1 Å². The van der Waals surface area contributed by atoms with Gasteiger partial charge in [-0.1, -0.05) is 6.07 Å². The number of hydrogen-bond donors (Lipinski definition) is 0. The standard InChI is InChI=1S/C12H8N2O2S2/c15-9(10-2-1-4-17-10)6-14-7-13-8-3-5-18-11(8)12(14)16/h1-5,7H,6H2. The second-order valence-electron chi connectivity index (χ2n) is 3.71. The number of ketones is 1. The normalized spacial score (nSPS) is 10.9. The fourth-order valence-corrected chi connectivity index (χ4v) is 3.11. The molecule has 0 aliphatic rings. The van der Waals surface area contributed by atoms with Gasteiger partial charge in [-0.05, 0) is 22.9 Å². The number of Topliss-reactive ketones (excluding diaryl/α,β-unsaturated/α-hetero) is 1. The van der Waals surface area contributed by atoms with E-state index < -0.39 is 0 Å². The minimum Gasteiger partial charge on any atom is -0.291 e. The molecule has 0 aliphatic carbocycles. The van der Waals surface area contributed by atoms with E-state index in [9.17, 15) is 9.59 Å². The average molecular weight is 276 g/mol. The highest BCUT2D eigenvalue weighted by atomic mass is 32.1. The van der Waals surface area contributed by atoms with Crippen LogP contribution < -0.4 is 5.56 Å². The van der Waals surface area contributed by atoms with Crippen molar-refractivity contribution < 1.29 is 4.79 Å². The van der Waals surface area contributed by atoms with Crippen molar-refractivity contribution in [2.75, 3.05) is 0 Å². The molecule has 0 fully saturated rings. The molecule has 0 saturated heterocycles. The Morgan fingerprint density at radius 2 is 2.17 bits per heavy atom. The quantitative estimate of drug-likeness (QED) is 0.690. The third-order valence-corrected chi connectivity index (χ3v) is 4.35. The first-order chi connectivity index (χ1) is 8.75. The Morgan fingerprint density at radius 1 is 1.28 bits per heavy atom. The van der Waals surface area contributed by atoms with Gasteiger partial charge in [0.15, 0.2) is 5.78 Å². The van der Waals surface area contributed by atoms with Crippen LogP contribution >= 0.6 is 22.7 Å². The van der Waals surface area contributed by atoms with Crippen molar-refractivity contribution in [2.24, 2.45) is 0 Å². The van der Waals surface area contributed by atoms with E-state index in [4.69, 9.17) is 0 Å². The molecular weight excluding hydrogens is 268 g/mol. The van der Waals surface area contributed by atoms with E-state index in [1.165, 1.54) is 33.6 Å². The van der Waals surface area contributed by atoms with Crippen LogP contribution in [0, 0.1) is 0 Å². The Balaban J connectivity index is 1.98. The number of rotatable bonds is 3. The smallest absolute Gasteiger partial charge is 0.271 e. The Kier molecular flexibility index (Phi) is 2.81. The summed E-state index contributed by atoms with van der Waals surface area (Å²) in [5.41, 5.74) is 0.532. The summed E-state index contributed by atoms with van der Waals surface area (Å²) in [6.07, 6.45) is 1.43. The van der Waals surface area contributed by atoms with Gasteiger partial charge in [-0.25, -0.2) is 4.98 Å². The van der Waals surface area contributed by atoms with Crippen LogP contribution in [0.5, 0.6) is 0 Å². The van der Waals surface area contributed by atoms with Crippen molar-refractivity contribution in [1.82, 2.24) is 9.55 Å². The van der Waals surface area contributed by atoms with Crippen molar-refractivity contribution >= 4 is 38.7 Å². The maximum Gasteiger partial charge on any atom is 0.271 e. The minimum absolute atomic E-state index is 0.0419. The number of carbonyl (C=O) groups excluding carboxylic acids is 1. The van der Waals surface area contributed by atoms with Crippen molar-refractivity contribution in [2.45, 2.75) is 6.54 Å². The summed E-state index contributed by atoms with van der Waals surface area (Å²) in [7, 11) is 0. The third kappa shape index (κ3) is 1.89. The molecule has 0 unspecified atom stereocenters.